The number of hydrogen-bond donors (Lipinski definition) is 1. The van der Waals surface area contributed by atoms with Crippen LogP contribution in [0.25, 0.3) is 11.3 Å². The zero-order chi connectivity index (χ0) is 23.3. The molecule has 3 rings (SSSR count). The van der Waals surface area contributed by atoms with Gasteiger partial charge in [0.15, 0.2) is 0 Å². The number of ether oxygens (including phenoxy) is 1. The molecule has 0 spiro atoms. The molecule has 0 amide bonds. The van der Waals surface area contributed by atoms with Crippen molar-refractivity contribution in [2.24, 2.45) is 0 Å². The normalized spacial score (nSPS) is 11.1. The van der Waals surface area contributed by atoms with Crippen LogP contribution in [0.3, 0.4) is 0 Å². The Morgan fingerprint density at radius 3 is 2.59 bits per heavy atom. The highest BCUT2D eigenvalue weighted by Crippen LogP contribution is 2.27. The molecule has 1 N–H and O–H groups in total. The van der Waals surface area contributed by atoms with E-state index in [4.69, 9.17) is 4.74 Å². The van der Waals surface area contributed by atoms with Crippen LogP contribution in [0.5, 0.6) is 5.75 Å². The van der Waals surface area contributed by atoms with Crippen LogP contribution in [0, 0.1) is 18.8 Å². The van der Waals surface area contributed by atoms with E-state index in [1.807, 2.05) is 45.0 Å². The average molecular weight is 451 g/mol. The van der Waals surface area contributed by atoms with Crippen molar-refractivity contribution >= 4 is 15.7 Å². The molecular weight excluding hydrogens is 424 g/mol. The van der Waals surface area contributed by atoms with Gasteiger partial charge < -0.3 is 4.74 Å². The standard InChI is InChI=1S/C24H26N4O3S/c1-6-22-21(11-10-18-12-23(17(4)25-14-18)28-32(5,29)30)24(27-15-26-22)19-8-7-9-20(13-19)31-16(2)3/h7-9,12-16,28H,6H2,1-5H3. The third-order valence-electron chi connectivity index (χ3n) is 4.45. The number of hydrogen-bond acceptors (Lipinski definition) is 6. The molecule has 32 heavy (non-hydrogen) atoms. The summed E-state index contributed by atoms with van der Waals surface area (Å²) >= 11 is 0. The van der Waals surface area contributed by atoms with E-state index < -0.39 is 10.0 Å². The molecule has 0 atom stereocenters. The Balaban J connectivity index is 2.06. The summed E-state index contributed by atoms with van der Waals surface area (Å²) in [6, 6.07) is 9.40. The Morgan fingerprint density at radius 2 is 1.91 bits per heavy atom. The smallest absolute Gasteiger partial charge is 0.229 e. The Kier molecular flexibility index (Phi) is 7.11. The Morgan fingerprint density at radius 1 is 1.12 bits per heavy atom. The Labute approximate surface area is 189 Å². The molecule has 0 radical (unpaired) electrons. The Hall–Kier alpha value is -3.44. The molecule has 0 aliphatic carbocycles. The number of aromatic nitrogens is 3. The fourth-order valence-electron chi connectivity index (χ4n) is 3.07. The maximum atomic E-state index is 11.6. The maximum Gasteiger partial charge on any atom is 0.229 e. The van der Waals surface area contributed by atoms with Crippen molar-refractivity contribution in [3.8, 4) is 28.8 Å². The molecule has 2 heterocycles. The largest absolute Gasteiger partial charge is 0.491 e. The third kappa shape index (κ3) is 6.05. The molecule has 0 bridgehead atoms. The molecule has 0 unspecified atom stereocenters. The SMILES string of the molecule is CCc1ncnc(-c2cccc(OC(C)C)c2)c1C#Cc1cnc(C)c(NS(C)(=O)=O)c1. The van der Waals surface area contributed by atoms with Gasteiger partial charge in [0.2, 0.25) is 10.0 Å². The van der Waals surface area contributed by atoms with Crippen LogP contribution in [0.2, 0.25) is 0 Å². The van der Waals surface area contributed by atoms with Crippen molar-refractivity contribution in [1.29, 1.82) is 0 Å². The van der Waals surface area contributed by atoms with Crippen molar-refractivity contribution in [3.63, 3.8) is 0 Å². The highest BCUT2D eigenvalue weighted by Gasteiger charge is 2.12. The predicted octanol–water partition coefficient (Wildman–Crippen LogP) is 3.97. The van der Waals surface area contributed by atoms with E-state index in [2.05, 4.69) is 31.5 Å². The lowest BCUT2D eigenvalue weighted by Crippen LogP contribution is -2.11. The lowest BCUT2D eigenvalue weighted by atomic mass is 10.0. The Bertz CT molecular complexity index is 1290. The average Bonchev–Trinajstić information content (AvgIpc) is 2.72. The van der Waals surface area contributed by atoms with Gasteiger partial charge in [0, 0.05) is 17.3 Å². The van der Waals surface area contributed by atoms with Gasteiger partial charge in [-0.25, -0.2) is 18.4 Å². The summed E-state index contributed by atoms with van der Waals surface area (Å²) in [4.78, 5) is 13.1. The monoisotopic (exact) mass is 450 g/mol. The van der Waals surface area contributed by atoms with Gasteiger partial charge in [-0.1, -0.05) is 30.9 Å². The summed E-state index contributed by atoms with van der Waals surface area (Å²) in [6.07, 6.45) is 5.00. The van der Waals surface area contributed by atoms with Crippen molar-refractivity contribution in [1.82, 2.24) is 15.0 Å². The molecule has 3 aromatic rings. The number of sulfonamides is 1. The fraction of sp³-hybridized carbons (Fsp3) is 0.292. The fourth-order valence-corrected chi connectivity index (χ4v) is 3.67. The van der Waals surface area contributed by atoms with Crippen LogP contribution in [0.15, 0.2) is 42.9 Å². The first-order valence-electron chi connectivity index (χ1n) is 10.2. The molecule has 166 valence electrons. The van der Waals surface area contributed by atoms with Crippen LogP contribution in [-0.2, 0) is 16.4 Å². The van der Waals surface area contributed by atoms with E-state index >= 15 is 0 Å². The van der Waals surface area contributed by atoms with E-state index in [0.717, 1.165) is 28.8 Å². The second kappa shape index (κ2) is 9.79. The number of benzene rings is 1. The molecule has 0 saturated heterocycles. The summed E-state index contributed by atoms with van der Waals surface area (Å²) in [6.45, 7) is 7.70. The minimum Gasteiger partial charge on any atom is -0.491 e. The van der Waals surface area contributed by atoms with E-state index in [-0.39, 0.29) is 6.10 Å². The van der Waals surface area contributed by atoms with Crippen LogP contribution < -0.4 is 9.46 Å². The zero-order valence-electron chi connectivity index (χ0n) is 18.8. The molecule has 2 aromatic heterocycles. The van der Waals surface area contributed by atoms with E-state index in [1.54, 1.807) is 19.2 Å². The summed E-state index contributed by atoms with van der Waals surface area (Å²) in [5, 5.41) is 0. The number of nitrogens with one attached hydrogen (secondary N) is 1. The molecule has 0 aliphatic rings. The topological polar surface area (TPSA) is 94.1 Å². The van der Waals surface area contributed by atoms with Crippen molar-refractivity contribution in [3.05, 3.63) is 65.4 Å². The molecule has 1 aromatic carbocycles. The van der Waals surface area contributed by atoms with Crippen LogP contribution in [0.4, 0.5) is 5.69 Å². The van der Waals surface area contributed by atoms with Gasteiger partial charge in [-0.05, 0) is 45.4 Å². The van der Waals surface area contributed by atoms with Gasteiger partial charge >= 0.3 is 0 Å². The van der Waals surface area contributed by atoms with Gasteiger partial charge in [-0.3, -0.25) is 9.71 Å². The number of pyridine rings is 1. The van der Waals surface area contributed by atoms with E-state index in [0.29, 0.717) is 29.1 Å². The summed E-state index contributed by atoms with van der Waals surface area (Å²) in [5.74, 6) is 7.03. The molecular formula is C24H26N4O3S. The summed E-state index contributed by atoms with van der Waals surface area (Å²) < 4.78 is 31.5. The molecule has 0 aliphatic heterocycles. The number of nitrogens with zero attached hydrogens (tertiary/aromatic N) is 3. The highest BCUT2D eigenvalue weighted by molar-refractivity contribution is 7.92. The van der Waals surface area contributed by atoms with Gasteiger partial charge in [0.25, 0.3) is 0 Å². The molecule has 8 heteroatoms. The molecule has 7 nitrogen and oxygen atoms in total. The lowest BCUT2D eigenvalue weighted by Gasteiger charge is -2.12. The van der Waals surface area contributed by atoms with Crippen LogP contribution >= 0.6 is 0 Å². The van der Waals surface area contributed by atoms with Gasteiger partial charge in [-0.15, -0.1) is 0 Å². The summed E-state index contributed by atoms with van der Waals surface area (Å²) in [5.41, 5.74) is 4.69. The van der Waals surface area contributed by atoms with Crippen LogP contribution in [0.1, 0.15) is 43.3 Å². The van der Waals surface area contributed by atoms with Crippen LogP contribution in [-0.4, -0.2) is 35.7 Å². The second-order valence-corrected chi connectivity index (χ2v) is 9.32. The maximum absolute atomic E-state index is 11.6. The van der Waals surface area contributed by atoms with E-state index in [1.165, 1.54) is 6.33 Å². The predicted molar refractivity (Wildman–Crippen MR) is 126 cm³/mol. The first kappa shape index (κ1) is 23.2. The molecule has 0 fully saturated rings. The quantitative estimate of drug-likeness (QED) is 0.571. The van der Waals surface area contributed by atoms with E-state index in [9.17, 15) is 8.42 Å². The second-order valence-electron chi connectivity index (χ2n) is 7.57. The number of rotatable bonds is 6. The minimum absolute atomic E-state index is 0.0601. The number of anilines is 1. The minimum atomic E-state index is -3.42. The molecule has 0 saturated carbocycles. The number of aryl methyl sites for hydroxylation is 2. The van der Waals surface area contributed by atoms with Gasteiger partial charge in [0.05, 0.1) is 40.7 Å². The lowest BCUT2D eigenvalue weighted by molar-refractivity contribution is 0.242. The first-order chi connectivity index (χ1) is 15.2. The summed E-state index contributed by atoms with van der Waals surface area (Å²) in [7, 11) is -3.42. The van der Waals surface area contributed by atoms with Gasteiger partial charge in [-0.2, -0.15) is 0 Å². The van der Waals surface area contributed by atoms with Gasteiger partial charge in [0.1, 0.15) is 12.1 Å². The third-order valence-corrected chi connectivity index (χ3v) is 5.04. The zero-order valence-corrected chi connectivity index (χ0v) is 19.6. The van der Waals surface area contributed by atoms with Crippen molar-refractivity contribution < 1.29 is 13.2 Å². The van der Waals surface area contributed by atoms with Crippen molar-refractivity contribution in [2.45, 2.75) is 40.2 Å². The highest BCUT2D eigenvalue weighted by atomic mass is 32.2. The van der Waals surface area contributed by atoms with Crippen molar-refractivity contribution in [2.75, 3.05) is 11.0 Å². The first-order valence-corrected chi connectivity index (χ1v) is 12.1.